The molecule has 1 amide bonds. The summed E-state index contributed by atoms with van der Waals surface area (Å²) in [4.78, 5) is 75.5. The van der Waals surface area contributed by atoms with E-state index < -0.39 is 77.9 Å². The van der Waals surface area contributed by atoms with Gasteiger partial charge in [0.2, 0.25) is 0 Å². The number of alkyl carbamates (subject to hydrolysis) is 1. The SMILES string of the molecule is CC(C)(C)OC(=O)NC(CSCCCCC#Cc1cn([C@H]2CC(O)[C@@H](COP(=O)(O)OP(=O)(O)OP(=O)(O)O)O2)c(=O)nc1N)C(=O)O. The van der Waals surface area contributed by atoms with Crippen LogP contribution in [-0.4, -0.2) is 93.4 Å². The number of nitrogens with zero attached hydrogens (tertiary/aromatic N) is 2. The first-order chi connectivity index (χ1) is 22.0. The summed E-state index contributed by atoms with van der Waals surface area (Å²) >= 11 is 1.33. The molecule has 1 aliphatic rings. The van der Waals surface area contributed by atoms with Crippen molar-refractivity contribution in [3.63, 3.8) is 0 Å². The van der Waals surface area contributed by atoms with Gasteiger partial charge >= 0.3 is 41.2 Å². The molecule has 1 aliphatic heterocycles. The molecule has 2 rings (SSSR count). The van der Waals surface area contributed by atoms with Gasteiger partial charge in [0.05, 0.1) is 18.3 Å². The number of nitrogens with one attached hydrogen (secondary N) is 1. The zero-order valence-corrected chi connectivity index (χ0v) is 29.2. The zero-order valence-electron chi connectivity index (χ0n) is 25.7. The second-order valence-corrected chi connectivity index (χ2v) is 16.5. The van der Waals surface area contributed by atoms with E-state index in [9.17, 15) is 48.1 Å². The number of carboxylic acid groups (broad SMARTS) is 1. The van der Waals surface area contributed by atoms with E-state index >= 15 is 0 Å². The van der Waals surface area contributed by atoms with E-state index in [2.05, 4.69) is 35.3 Å². The molecule has 0 aliphatic carbocycles. The van der Waals surface area contributed by atoms with Crippen molar-refractivity contribution in [1.82, 2.24) is 14.9 Å². The molecular formula is C23H37N4O17P3S. The predicted molar refractivity (Wildman–Crippen MR) is 166 cm³/mol. The Bertz CT molecular complexity index is 1570. The number of aliphatic carboxylic acids is 1. The fourth-order valence-electron chi connectivity index (χ4n) is 3.69. The molecule has 1 saturated heterocycles. The second-order valence-electron chi connectivity index (χ2n) is 10.9. The van der Waals surface area contributed by atoms with Gasteiger partial charge < -0.3 is 50.3 Å². The number of anilines is 1. The van der Waals surface area contributed by atoms with Crippen molar-refractivity contribution in [2.45, 2.75) is 76.5 Å². The normalized spacial score (nSPS) is 21.3. The minimum absolute atomic E-state index is 0.126. The average Bonchev–Trinajstić information content (AvgIpc) is 3.26. The summed E-state index contributed by atoms with van der Waals surface area (Å²) < 4.78 is 57.5. The number of phosphoric ester groups is 1. The molecule has 6 atom stereocenters. The number of aliphatic hydroxyl groups is 1. The lowest BCUT2D eigenvalue weighted by atomic mass is 10.2. The van der Waals surface area contributed by atoms with Gasteiger partial charge in [0.15, 0.2) is 0 Å². The van der Waals surface area contributed by atoms with Crippen LogP contribution in [0.2, 0.25) is 0 Å². The minimum Gasteiger partial charge on any atom is -0.480 e. The number of thioether (sulfide) groups is 1. The van der Waals surface area contributed by atoms with Crippen LogP contribution in [0.4, 0.5) is 10.6 Å². The highest BCUT2D eigenvalue weighted by molar-refractivity contribution is 7.99. The number of carbonyl (C=O) groups is 2. The number of nitrogen functional groups attached to an aromatic ring is 1. The number of nitrogens with two attached hydrogens (primary N) is 1. The summed E-state index contributed by atoms with van der Waals surface area (Å²) in [5, 5.41) is 22.0. The van der Waals surface area contributed by atoms with Crippen molar-refractivity contribution in [1.29, 1.82) is 0 Å². The van der Waals surface area contributed by atoms with Crippen molar-refractivity contribution in [3.8, 4) is 11.8 Å². The average molecular weight is 767 g/mol. The van der Waals surface area contributed by atoms with Gasteiger partial charge in [-0.15, -0.1) is 0 Å². The van der Waals surface area contributed by atoms with Gasteiger partial charge in [-0.2, -0.15) is 25.4 Å². The quantitative estimate of drug-likeness (QED) is 0.0662. The van der Waals surface area contributed by atoms with Gasteiger partial charge in [-0.25, -0.2) is 28.1 Å². The maximum atomic E-state index is 12.5. The molecule has 21 nitrogen and oxygen atoms in total. The van der Waals surface area contributed by atoms with E-state index in [1.54, 1.807) is 20.8 Å². The number of aliphatic hydroxyl groups excluding tert-OH is 1. The van der Waals surface area contributed by atoms with Gasteiger partial charge in [-0.3, -0.25) is 9.09 Å². The Kier molecular flexibility index (Phi) is 15.3. The fourth-order valence-corrected chi connectivity index (χ4v) is 7.76. The molecule has 1 aromatic heterocycles. The van der Waals surface area contributed by atoms with Crippen LogP contribution in [0.5, 0.6) is 0 Å². The minimum atomic E-state index is -5.75. The first-order valence-corrected chi connectivity index (χ1v) is 19.4. The van der Waals surface area contributed by atoms with Gasteiger partial charge in [0.1, 0.15) is 29.8 Å². The summed E-state index contributed by atoms with van der Waals surface area (Å²) in [6.07, 6.45) is -2.08. The lowest BCUT2D eigenvalue weighted by Crippen LogP contribution is -2.45. The molecule has 0 spiro atoms. The van der Waals surface area contributed by atoms with E-state index in [1.807, 2.05) is 0 Å². The first kappa shape index (κ1) is 41.8. The van der Waals surface area contributed by atoms with Crippen LogP contribution in [-0.2, 0) is 41.1 Å². The van der Waals surface area contributed by atoms with Crippen molar-refractivity contribution in [2.24, 2.45) is 0 Å². The van der Waals surface area contributed by atoms with Crippen LogP contribution >= 0.6 is 35.2 Å². The largest absolute Gasteiger partial charge is 0.490 e. The van der Waals surface area contributed by atoms with Crippen LogP contribution in [0, 0.1) is 11.8 Å². The maximum Gasteiger partial charge on any atom is 0.490 e. The molecule has 0 saturated carbocycles. The summed E-state index contributed by atoms with van der Waals surface area (Å²) in [5.74, 6) is 5.01. The molecule has 48 heavy (non-hydrogen) atoms. The van der Waals surface area contributed by atoms with Gasteiger partial charge in [0.25, 0.3) is 0 Å². The lowest BCUT2D eigenvalue weighted by Gasteiger charge is -2.21. The topological polar surface area (TPSA) is 326 Å². The summed E-state index contributed by atoms with van der Waals surface area (Å²) in [5.41, 5.74) is 4.33. The Hall–Kier alpha value is -2.34. The van der Waals surface area contributed by atoms with Crippen molar-refractivity contribution in [2.75, 3.05) is 23.8 Å². The number of phosphoric acid groups is 3. The van der Waals surface area contributed by atoms with Gasteiger partial charge in [-0.05, 0) is 39.4 Å². The van der Waals surface area contributed by atoms with E-state index in [0.717, 1.165) is 4.57 Å². The number of unbranched alkanes of at least 4 members (excludes halogenated alkanes) is 2. The molecule has 2 heterocycles. The highest BCUT2D eigenvalue weighted by atomic mass is 32.2. The summed E-state index contributed by atoms with van der Waals surface area (Å²) in [7, 11) is -16.8. The fraction of sp³-hybridized carbons (Fsp3) is 0.652. The number of hydrogen-bond donors (Lipinski definition) is 8. The molecule has 1 fully saturated rings. The van der Waals surface area contributed by atoms with E-state index in [0.29, 0.717) is 25.0 Å². The molecule has 0 aromatic carbocycles. The third-order valence-electron chi connectivity index (χ3n) is 5.65. The van der Waals surface area contributed by atoms with Gasteiger partial charge in [0, 0.05) is 24.8 Å². The van der Waals surface area contributed by atoms with Crippen molar-refractivity contribution >= 4 is 53.1 Å². The number of rotatable bonds is 16. The van der Waals surface area contributed by atoms with Gasteiger partial charge in [-0.1, -0.05) is 11.8 Å². The molecular weight excluding hydrogens is 729 g/mol. The predicted octanol–water partition coefficient (Wildman–Crippen LogP) is 1.05. The summed E-state index contributed by atoms with van der Waals surface area (Å²) in [6.45, 7) is 4.05. The van der Waals surface area contributed by atoms with Crippen LogP contribution in [0.3, 0.4) is 0 Å². The smallest absolute Gasteiger partial charge is 0.480 e. The Morgan fingerprint density at radius 2 is 1.85 bits per heavy atom. The van der Waals surface area contributed by atoms with Crippen molar-refractivity contribution < 1.29 is 75.7 Å². The molecule has 25 heteroatoms. The number of amides is 1. The third-order valence-corrected chi connectivity index (χ3v) is 10.6. The van der Waals surface area contributed by atoms with Crippen LogP contribution in [0.25, 0.3) is 0 Å². The number of hydrogen-bond acceptors (Lipinski definition) is 15. The highest BCUT2D eigenvalue weighted by Gasteiger charge is 2.43. The van der Waals surface area contributed by atoms with Crippen LogP contribution in [0.1, 0.15) is 58.2 Å². The number of ether oxygens (including phenoxy) is 2. The lowest BCUT2D eigenvalue weighted by molar-refractivity contribution is -0.138. The Balaban J connectivity index is 1.89. The molecule has 0 radical (unpaired) electrons. The third kappa shape index (κ3) is 15.5. The second kappa shape index (κ2) is 17.5. The highest BCUT2D eigenvalue weighted by Crippen LogP contribution is 2.66. The van der Waals surface area contributed by atoms with Crippen LogP contribution < -0.4 is 16.7 Å². The number of aromatic nitrogens is 2. The van der Waals surface area contributed by atoms with Crippen LogP contribution in [0.15, 0.2) is 11.0 Å². The first-order valence-electron chi connectivity index (χ1n) is 13.8. The van der Waals surface area contributed by atoms with E-state index in [1.165, 1.54) is 18.0 Å². The Labute approximate surface area is 277 Å². The molecule has 272 valence electrons. The molecule has 9 N–H and O–H groups in total. The van der Waals surface area contributed by atoms with E-state index in [4.69, 9.17) is 25.0 Å². The number of carboxylic acids is 1. The zero-order chi connectivity index (χ0) is 36.5. The summed E-state index contributed by atoms with van der Waals surface area (Å²) in [6, 6.07) is -1.13. The Morgan fingerprint density at radius 1 is 1.19 bits per heavy atom. The monoisotopic (exact) mass is 766 g/mol. The van der Waals surface area contributed by atoms with E-state index in [-0.39, 0.29) is 23.6 Å². The molecule has 0 bridgehead atoms. The van der Waals surface area contributed by atoms with Crippen molar-refractivity contribution in [3.05, 3.63) is 22.2 Å². The maximum absolute atomic E-state index is 12.5. The number of carbonyl (C=O) groups excluding carboxylic acids is 1. The molecule has 1 aromatic rings. The molecule has 4 unspecified atom stereocenters. The Morgan fingerprint density at radius 3 is 2.46 bits per heavy atom. The standard InChI is InChI=1S/C23H37N4O17P3S/c1-23(2,3)42-22(32)25-15(20(29)30)13-48-9-7-5-4-6-8-14-11-27(21(31)26-19(14)24)18-10-16(28)17(41-18)12-40-46(36,37)44-47(38,39)43-45(33,34)35/h11,15-18,28H,4-5,7,9-10,12-13H2,1-3H3,(H,25,32)(H,29,30)(H,36,37)(H,38,39)(H2,24,26,31)(H2,33,34,35)/t15?,16?,17-,18-/m1/s1.